The van der Waals surface area contributed by atoms with Gasteiger partial charge in [-0.25, -0.2) is 18.2 Å². The van der Waals surface area contributed by atoms with Crippen molar-refractivity contribution in [2.75, 3.05) is 29.4 Å². The first-order valence-corrected chi connectivity index (χ1v) is 9.47. The fourth-order valence-electron chi connectivity index (χ4n) is 4.47. The first kappa shape index (κ1) is 18.9. The Kier molecular flexibility index (Phi) is 4.04. The first-order chi connectivity index (χ1) is 14.3. The number of aromatic nitrogens is 1. The van der Waals surface area contributed by atoms with Crippen molar-refractivity contribution in [3.8, 4) is 0 Å². The number of pyridine rings is 1. The Balaban J connectivity index is 1.62. The molecule has 1 aromatic heterocycles. The Morgan fingerprint density at radius 3 is 2.40 bits per heavy atom. The number of ketones is 1. The summed E-state index contributed by atoms with van der Waals surface area (Å²) in [5.41, 5.74) is 5.53. The molecule has 3 aliphatic rings. The fraction of sp³-hybridized carbons (Fsp3) is 0.350. The molecule has 0 spiro atoms. The number of carboxylic acid groups (broad SMARTS) is 1. The van der Waals surface area contributed by atoms with E-state index in [0.717, 1.165) is 18.2 Å². The maximum absolute atomic E-state index is 14.9. The number of nitrogens with two attached hydrogens (primary N) is 1. The number of Topliss-reactive ketones (excluding diaryl/α,β-unsaturated/α-hetero) is 1. The highest BCUT2D eigenvalue weighted by Crippen LogP contribution is 2.46. The molecule has 7 nitrogen and oxygen atoms in total. The largest absolute Gasteiger partial charge is 0.481 e. The number of carbonyl (C=O) groups is 2. The van der Waals surface area contributed by atoms with Crippen molar-refractivity contribution in [3.05, 3.63) is 47.3 Å². The van der Waals surface area contributed by atoms with Gasteiger partial charge < -0.3 is 20.6 Å². The summed E-state index contributed by atoms with van der Waals surface area (Å²) in [5, 5.41) is 9.43. The Morgan fingerprint density at radius 1 is 1.07 bits per heavy atom. The molecule has 30 heavy (non-hydrogen) atoms. The number of fused-ring (bicyclic) bond motifs is 2. The van der Waals surface area contributed by atoms with Crippen molar-refractivity contribution in [2.24, 2.45) is 23.5 Å². The van der Waals surface area contributed by atoms with Gasteiger partial charge in [0.2, 0.25) is 0 Å². The quantitative estimate of drug-likeness (QED) is 0.735. The highest BCUT2D eigenvalue weighted by atomic mass is 19.1. The predicted molar refractivity (Wildman–Crippen MR) is 100 cm³/mol. The van der Waals surface area contributed by atoms with Crippen LogP contribution >= 0.6 is 0 Å². The molecule has 3 heterocycles. The standard InChI is InChI=1S/C20H17F3N4O3/c21-8-1-2-15(13(22)3-8)27-7-12(20(29)30)17(28)9-4-14(23)19(25-18(9)27)26-5-10-11(6-26)16(10)24/h1-4,10-12,16H,5-7,24H2,(H,29,30)/t10-,11+,12?,16?. The van der Waals surface area contributed by atoms with Gasteiger partial charge in [0.15, 0.2) is 17.4 Å². The smallest absolute Gasteiger partial charge is 0.316 e. The zero-order valence-corrected chi connectivity index (χ0v) is 15.6. The van der Waals surface area contributed by atoms with Gasteiger partial charge in [0.25, 0.3) is 0 Å². The fourth-order valence-corrected chi connectivity index (χ4v) is 4.47. The van der Waals surface area contributed by atoms with Crippen LogP contribution in [0.15, 0.2) is 24.3 Å². The minimum absolute atomic E-state index is 0.00208. The summed E-state index contributed by atoms with van der Waals surface area (Å²) in [6.45, 7) is 0.633. The number of nitrogens with zero attached hydrogens (tertiary/aromatic N) is 3. The van der Waals surface area contributed by atoms with E-state index in [2.05, 4.69) is 4.98 Å². The van der Waals surface area contributed by atoms with Gasteiger partial charge in [0.05, 0.1) is 11.3 Å². The summed E-state index contributed by atoms with van der Waals surface area (Å²) in [7, 11) is 0. The maximum Gasteiger partial charge on any atom is 0.316 e. The van der Waals surface area contributed by atoms with Gasteiger partial charge >= 0.3 is 5.97 Å². The third-order valence-electron chi connectivity index (χ3n) is 6.20. The number of halogens is 3. The van der Waals surface area contributed by atoms with E-state index in [0.29, 0.717) is 19.2 Å². The molecule has 156 valence electrons. The Hall–Kier alpha value is -3.14. The lowest BCUT2D eigenvalue weighted by Gasteiger charge is -2.34. The molecular weight excluding hydrogens is 401 g/mol. The zero-order chi connectivity index (χ0) is 21.3. The number of hydrogen-bond acceptors (Lipinski definition) is 6. The van der Waals surface area contributed by atoms with Crippen molar-refractivity contribution < 1.29 is 27.9 Å². The van der Waals surface area contributed by atoms with Crippen molar-refractivity contribution in [2.45, 2.75) is 6.04 Å². The summed E-state index contributed by atoms with van der Waals surface area (Å²) >= 11 is 0. The van der Waals surface area contributed by atoms with Gasteiger partial charge in [-0.05, 0) is 30.0 Å². The molecule has 1 saturated heterocycles. The molecule has 3 N–H and O–H groups in total. The molecule has 2 aromatic rings. The topological polar surface area (TPSA) is 99.8 Å². The SMILES string of the molecule is NC1[C@H]2CN(c3nc4c(cc3F)C(=O)C(C(=O)O)CN4c3ccc(F)cc3F)C[C@@H]12. The van der Waals surface area contributed by atoms with Crippen LogP contribution < -0.4 is 15.5 Å². The van der Waals surface area contributed by atoms with Gasteiger partial charge in [-0.2, -0.15) is 0 Å². The van der Waals surface area contributed by atoms with E-state index in [1.54, 1.807) is 4.90 Å². The summed E-state index contributed by atoms with van der Waals surface area (Å²) in [6, 6.07) is 3.85. The van der Waals surface area contributed by atoms with Crippen LogP contribution in [-0.4, -0.2) is 47.5 Å². The number of aliphatic carboxylic acids is 1. The molecule has 1 saturated carbocycles. The van der Waals surface area contributed by atoms with Crippen LogP contribution in [0, 0.1) is 35.2 Å². The number of piperidine rings is 1. The van der Waals surface area contributed by atoms with Crippen LogP contribution in [-0.2, 0) is 4.79 Å². The lowest BCUT2D eigenvalue weighted by Crippen LogP contribution is -2.42. The Morgan fingerprint density at radius 2 is 1.77 bits per heavy atom. The third kappa shape index (κ3) is 2.74. The maximum atomic E-state index is 14.9. The molecule has 2 unspecified atom stereocenters. The van der Waals surface area contributed by atoms with Crippen molar-refractivity contribution >= 4 is 29.1 Å². The second-order valence-electron chi connectivity index (χ2n) is 7.94. The van der Waals surface area contributed by atoms with Gasteiger partial charge in [-0.3, -0.25) is 9.59 Å². The van der Waals surface area contributed by atoms with Crippen LogP contribution in [0.5, 0.6) is 0 Å². The normalized spacial score (nSPS) is 27.1. The van der Waals surface area contributed by atoms with Crippen LogP contribution in [0.2, 0.25) is 0 Å². The number of carboxylic acids is 1. The van der Waals surface area contributed by atoms with E-state index in [4.69, 9.17) is 5.73 Å². The minimum Gasteiger partial charge on any atom is -0.481 e. The zero-order valence-electron chi connectivity index (χ0n) is 15.6. The molecule has 4 atom stereocenters. The Labute approximate surface area is 168 Å². The first-order valence-electron chi connectivity index (χ1n) is 9.47. The molecule has 1 aliphatic carbocycles. The average molecular weight is 418 g/mol. The molecule has 2 fully saturated rings. The van der Waals surface area contributed by atoms with E-state index in [1.807, 2.05) is 0 Å². The number of anilines is 3. The summed E-state index contributed by atoms with van der Waals surface area (Å²) in [4.78, 5) is 31.5. The van der Waals surface area contributed by atoms with Crippen LogP contribution in [0.1, 0.15) is 10.4 Å². The van der Waals surface area contributed by atoms with E-state index >= 15 is 0 Å². The van der Waals surface area contributed by atoms with Crippen molar-refractivity contribution in [3.63, 3.8) is 0 Å². The number of carbonyl (C=O) groups excluding carboxylic acids is 1. The highest BCUT2D eigenvalue weighted by molar-refractivity contribution is 6.13. The van der Waals surface area contributed by atoms with Gasteiger partial charge in [-0.1, -0.05) is 0 Å². The molecular formula is C20H17F3N4O3. The molecule has 0 bridgehead atoms. The predicted octanol–water partition coefficient (Wildman–Crippen LogP) is 1.93. The van der Waals surface area contributed by atoms with E-state index in [9.17, 15) is 27.9 Å². The monoisotopic (exact) mass is 418 g/mol. The number of rotatable bonds is 3. The van der Waals surface area contributed by atoms with E-state index in [1.165, 1.54) is 4.90 Å². The van der Waals surface area contributed by atoms with Gasteiger partial charge in [0.1, 0.15) is 23.4 Å². The van der Waals surface area contributed by atoms with E-state index in [-0.39, 0.29) is 40.8 Å². The van der Waals surface area contributed by atoms with Gasteiger partial charge in [-0.15, -0.1) is 0 Å². The van der Waals surface area contributed by atoms with E-state index < -0.39 is 41.7 Å². The molecule has 10 heteroatoms. The summed E-state index contributed by atoms with van der Waals surface area (Å²) < 4.78 is 42.7. The lowest BCUT2D eigenvalue weighted by molar-refractivity contribution is -0.139. The van der Waals surface area contributed by atoms with Gasteiger partial charge in [0, 0.05) is 31.7 Å². The molecule has 0 amide bonds. The van der Waals surface area contributed by atoms with Crippen LogP contribution in [0.25, 0.3) is 0 Å². The number of benzene rings is 1. The molecule has 5 rings (SSSR count). The summed E-state index contributed by atoms with van der Waals surface area (Å²) in [6.07, 6.45) is 0. The van der Waals surface area contributed by atoms with Crippen molar-refractivity contribution in [1.82, 2.24) is 4.98 Å². The van der Waals surface area contributed by atoms with Crippen molar-refractivity contribution in [1.29, 1.82) is 0 Å². The number of hydrogen-bond donors (Lipinski definition) is 2. The Bertz CT molecular complexity index is 1080. The second-order valence-corrected chi connectivity index (χ2v) is 7.94. The highest BCUT2D eigenvalue weighted by Gasteiger charge is 2.54. The summed E-state index contributed by atoms with van der Waals surface area (Å²) in [5.74, 6) is -5.81. The van der Waals surface area contributed by atoms with Crippen LogP contribution in [0.3, 0.4) is 0 Å². The average Bonchev–Trinajstić information content (AvgIpc) is 3.10. The molecule has 0 radical (unpaired) electrons. The second kappa shape index (κ2) is 6.43. The lowest BCUT2D eigenvalue weighted by atomic mass is 9.92. The molecule has 2 aliphatic heterocycles. The van der Waals surface area contributed by atoms with Crippen LogP contribution in [0.4, 0.5) is 30.5 Å². The third-order valence-corrected chi connectivity index (χ3v) is 6.20. The minimum atomic E-state index is -1.54. The molecule has 1 aromatic carbocycles.